The van der Waals surface area contributed by atoms with E-state index in [4.69, 9.17) is 0 Å². The highest BCUT2D eigenvalue weighted by Crippen LogP contribution is 2.11. The van der Waals surface area contributed by atoms with Gasteiger partial charge in [0.05, 0.1) is 4.92 Å². The molecule has 0 amide bonds. The summed E-state index contributed by atoms with van der Waals surface area (Å²) in [5.41, 5.74) is 3.45. The van der Waals surface area contributed by atoms with Crippen LogP contribution in [0.1, 0.15) is 16.7 Å². The molecule has 0 bridgehead atoms. The molecule has 7 heteroatoms. The Bertz CT molecular complexity index is 685. The van der Waals surface area contributed by atoms with E-state index in [-0.39, 0.29) is 29.7 Å². The van der Waals surface area contributed by atoms with Crippen molar-refractivity contribution in [3.63, 3.8) is 0 Å². The fourth-order valence-corrected chi connectivity index (χ4v) is 2.03. The van der Waals surface area contributed by atoms with Crippen molar-refractivity contribution in [1.82, 2.24) is 10.6 Å². The van der Waals surface area contributed by atoms with Crippen molar-refractivity contribution in [2.24, 2.45) is 4.99 Å². The molecule has 0 heterocycles. The number of rotatable bonds is 5. The Kier molecular flexibility index (Phi) is 8.17. The highest BCUT2D eigenvalue weighted by Gasteiger charge is 2.04. The zero-order chi connectivity index (χ0) is 16.7. The highest BCUT2D eigenvalue weighted by molar-refractivity contribution is 14.0. The van der Waals surface area contributed by atoms with Gasteiger partial charge >= 0.3 is 0 Å². The number of hydrogen-bond acceptors (Lipinski definition) is 3. The van der Waals surface area contributed by atoms with Crippen LogP contribution in [0.5, 0.6) is 0 Å². The van der Waals surface area contributed by atoms with Crippen LogP contribution in [-0.4, -0.2) is 17.9 Å². The van der Waals surface area contributed by atoms with Crippen LogP contribution < -0.4 is 10.6 Å². The second kappa shape index (κ2) is 9.86. The minimum Gasteiger partial charge on any atom is -0.352 e. The second-order valence-electron chi connectivity index (χ2n) is 5.19. The SMILES string of the molecule is CN=C(NCc1ccc(C)cc1)NCc1ccc([N+](=O)[O-])cc1.I. The van der Waals surface area contributed by atoms with Crippen LogP contribution in [0.3, 0.4) is 0 Å². The molecule has 2 aromatic carbocycles. The van der Waals surface area contributed by atoms with Crippen LogP contribution in [0, 0.1) is 17.0 Å². The van der Waals surface area contributed by atoms with Crippen molar-refractivity contribution < 1.29 is 4.92 Å². The zero-order valence-corrected chi connectivity index (χ0v) is 16.0. The molecule has 0 fully saturated rings. The molecule has 2 N–H and O–H groups in total. The van der Waals surface area contributed by atoms with Crippen LogP contribution in [0.4, 0.5) is 5.69 Å². The van der Waals surface area contributed by atoms with Crippen molar-refractivity contribution in [3.05, 3.63) is 75.3 Å². The number of hydrogen-bond donors (Lipinski definition) is 2. The summed E-state index contributed by atoms with van der Waals surface area (Å²) in [6.45, 7) is 3.29. The van der Waals surface area contributed by atoms with Crippen molar-refractivity contribution in [2.75, 3.05) is 7.05 Å². The number of nitrogens with one attached hydrogen (secondary N) is 2. The summed E-state index contributed by atoms with van der Waals surface area (Å²) in [4.78, 5) is 14.4. The smallest absolute Gasteiger partial charge is 0.269 e. The van der Waals surface area contributed by atoms with E-state index in [2.05, 4.69) is 46.8 Å². The molecule has 0 saturated carbocycles. The van der Waals surface area contributed by atoms with Crippen LogP contribution in [0.15, 0.2) is 53.5 Å². The summed E-state index contributed by atoms with van der Waals surface area (Å²) in [5, 5.41) is 17.0. The largest absolute Gasteiger partial charge is 0.352 e. The van der Waals surface area contributed by atoms with E-state index in [0.717, 1.165) is 5.56 Å². The van der Waals surface area contributed by atoms with Crippen LogP contribution >= 0.6 is 24.0 Å². The quantitative estimate of drug-likeness (QED) is 0.246. The third-order valence-corrected chi connectivity index (χ3v) is 3.41. The standard InChI is InChI=1S/C17H20N4O2.HI/c1-13-3-5-14(6-4-13)11-19-17(18-2)20-12-15-7-9-16(10-8-15)21(22)23;/h3-10H,11-12H2,1-2H3,(H2,18,19,20);1H. The first-order valence-corrected chi connectivity index (χ1v) is 7.32. The predicted octanol–water partition coefficient (Wildman–Crippen LogP) is 3.39. The first-order valence-electron chi connectivity index (χ1n) is 7.32. The molecule has 6 nitrogen and oxygen atoms in total. The van der Waals surface area contributed by atoms with E-state index in [1.807, 2.05) is 0 Å². The summed E-state index contributed by atoms with van der Waals surface area (Å²) >= 11 is 0. The van der Waals surface area contributed by atoms with Crippen molar-refractivity contribution in [3.8, 4) is 0 Å². The van der Waals surface area contributed by atoms with Crippen LogP contribution in [0.2, 0.25) is 0 Å². The maximum atomic E-state index is 10.6. The van der Waals surface area contributed by atoms with E-state index in [0.29, 0.717) is 19.0 Å². The lowest BCUT2D eigenvalue weighted by atomic mass is 10.1. The van der Waals surface area contributed by atoms with E-state index in [9.17, 15) is 10.1 Å². The first-order chi connectivity index (χ1) is 11.1. The van der Waals surface area contributed by atoms with Gasteiger partial charge in [-0.25, -0.2) is 0 Å². The van der Waals surface area contributed by atoms with Gasteiger partial charge in [0, 0.05) is 32.3 Å². The summed E-state index contributed by atoms with van der Waals surface area (Å²) in [6.07, 6.45) is 0. The molecule has 128 valence electrons. The number of non-ortho nitro benzene ring substituents is 1. The molecule has 0 radical (unpaired) electrons. The summed E-state index contributed by atoms with van der Waals surface area (Å²) in [5.74, 6) is 0.684. The predicted molar refractivity (Wildman–Crippen MR) is 107 cm³/mol. The Balaban J connectivity index is 0.00000288. The van der Waals surface area contributed by atoms with E-state index >= 15 is 0 Å². The molecule has 0 aromatic heterocycles. The molecule has 0 spiro atoms. The Morgan fingerprint density at radius 1 is 1.00 bits per heavy atom. The number of nitro groups is 1. The normalized spacial score (nSPS) is 10.7. The summed E-state index contributed by atoms with van der Waals surface area (Å²) < 4.78 is 0. The summed E-state index contributed by atoms with van der Waals surface area (Å²) in [6, 6.07) is 14.8. The lowest BCUT2D eigenvalue weighted by Gasteiger charge is -2.12. The number of aliphatic imine (C=N–C) groups is 1. The van der Waals surface area contributed by atoms with Gasteiger partial charge in [0.2, 0.25) is 0 Å². The molecule has 24 heavy (non-hydrogen) atoms. The number of nitrogens with zero attached hydrogens (tertiary/aromatic N) is 2. The monoisotopic (exact) mass is 440 g/mol. The molecule has 2 aromatic rings. The molecule has 0 atom stereocenters. The minimum atomic E-state index is -0.404. The van der Waals surface area contributed by atoms with Crippen LogP contribution in [-0.2, 0) is 13.1 Å². The second-order valence-corrected chi connectivity index (χ2v) is 5.19. The molecule has 0 aliphatic rings. The van der Waals surface area contributed by atoms with Crippen molar-refractivity contribution in [1.29, 1.82) is 0 Å². The van der Waals surface area contributed by atoms with E-state index in [1.54, 1.807) is 19.2 Å². The maximum Gasteiger partial charge on any atom is 0.269 e. The number of halogens is 1. The Labute approximate surface area is 158 Å². The topological polar surface area (TPSA) is 79.6 Å². The summed E-state index contributed by atoms with van der Waals surface area (Å²) in [7, 11) is 1.71. The molecule has 0 saturated heterocycles. The minimum absolute atomic E-state index is 0. The van der Waals surface area contributed by atoms with Gasteiger partial charge in [0.15, 0.2) is 5.96 Å². The molecule has 0 unspecified atom stereocenters. The lowest BCUT2D eigenvalue weighted by Crippen LogP contribution is -2.36. The van der Waals surface area contributed by atoms with Gasteiger partial charge in [-0.3, -0.25) is 15.1 Å². The Hall–Kier alpha value is -2.16. The zero-order valence-electron chi connectivity index (χ0n) is 13.7. The van der Waals surface area contributed by atoms with Gasteiger partial charge < -0.3 is 10.6 Å². The van der Waals surface area contributed by atoms with Gasteiger partial charge in [-0.2, -0.15) is 0 Å². The van der Waals surface area contributed by atoms with Gasteiger partial charge in [-0.05, 0) is 18.1 Å². The molecule has 0 aliphatic carbocycles. The number of benzene rings is 2. The number of nitro benzene ring substituents is 1. The highest BCUT2D eigenvalue weighted by atomic mass is 127. The molecule has 0 aliphatic heterocycles. The lowest BCUT2D eigenvalue weighted by molar-refractivity contribution is -0.384. The first kappa shape index (κ1) is 19.9. The Morgan fingerprint density at radius 2 is 1.46 bits per heavy atom. The van der Waals surface area contributed by atoms with Gasteiger partial charge in [-0.15, -0.1) is 24.0 Å². The molecular weight excluding hydrogens is 419 g/mol. The van der Waals surface area contributed by atoms with Crippen molar-refractivity contribution in [2.45, 2.75) is 20.0 Å². The van der Waals surface area contributed by atoms with Gasteiger partial charge in [0.1, 0.15) is 0 Å². The average molecular weight is 440 g/mol. The maximum absolute atomic E-state index is 10.6. The number of aryl methyl sites for hydroxylation is 1. The van der Waals surface area contributed by atoms with E-state index < -0.39 is 4.92 Å². The van der Waals surface area contributed by atoms with E-state index in [1.165, 1.54) is 23.3 Å². The third kappa shape index (κ3) is 6.15. The third-order valence-electron chi connectivity index (χ3n) is 3.41. The average Bonchev–Trinajstić information content (AvgIpc) is 2.57. The van der Waals surface area contributed by atoms with Gasteiger partial charge in [0.25, 0.3) is 5.69 Å². The number of guanidine groups is 1. The Morgan fingerprint density at radius 3 is 1.88 bits per heavy atom. The van der Waals surface area contributed by atoms with Crippen molar-refractivity contribution >= 4 is 35.6 Å². The fraction of sp³-hybridized carbons (Fsp3) is 0.235. The van der Waals surface area contributed by atoms with Gasteiger partial charge in [-0.1, -0.05) is 42.0 Å². The fourth-order valence-electron chi connectivity index (χ4n) is 2.03. The van der Waals surface area contributed by atoms with Crippen LogP contribution in [0.25, 0.3) is 0 Å². The molecule has 2 rings (SSSR count). The molecular formula is C17H21IN4O2.